The molecule has 1 heterocycles. The minimum atomic E-state index is -0.835. The number of aromatic amines is 1. The van der Waals surface area contributed by atoms with Gasteiger partial charge in [0.15, 0.2) is 0 Å². The van der Waals surface area contributed by atoms with Crippen LogP contribution in [0, 0.1) is 6.92 Å². The molecular formula is C10H10N2O2. The standard InChI is InChI=1S/C10H10N2O2/c1-6-8-4-2-3-7(5-9(13)14)10(8)12-11-6/h2-4H,5H2,1H3,(H,11,12)(H,13,14). The van der Waals surface area contributed by atoms with Crippen LogP contribution in [0.2, 0.25) is 0 Å². The molecule has 2 aromatic rings. The third kappa shape index (κ3) is 1.35. The van der Waals surface area contributed by atoms with E-state index < -0.39 is 5.97 Å². The molecule has 2 rings (SSSR count). The largest absolute Gasteiger partial charge is 0.481 e. The van der Waals surface area contributed by atoms with Crippen LogP contribution in [0.25, 0.3) is 10.9 Å². The lowest BCUT2D eigenvalue weighted by Crippen LogP contribution is -2.00. The molecule has 0 aliphatic rings. The second-order valence-electron chi connectivity index (χ2n) is 3.23. The average molecular weight is 190 g/mol. The maximum atomic E-state index is 10.6. The number of hydrogen-bond donors (Lipinski definition) is 2. The van der Waals surface area contributed by atoms with E-state index in [9.17, 15) is 4.79 Å². The Morgan fingerprint density at radius 1 is 1.57 bits per heavy atom. The average Bonchev–Trinajstić information content (AvgIpc) is 2.49. The van der Waals surface area contributed by atoms with Crippen molar-refractivity contribution in [1.29, 1.82) is 0 Å². The van der Waals surface area contributed by atoms with E-state index in [-0.39, 0.29) is 6.42 Å². The van der Waals surface area contributed by atoms with Crippen molar-refractivity contribution in [1.82, 2.24) is 10.2 Å². The van der Waals surface area contributed by atoms with E-state index in [1.165, 1.54) is 0 Å². The monoisotopic (exact) mass is 190 g/mol. The van der Waals surface area contributed by atoms with Gasteiger partial charge in [0.05, 0.1) is 11.9 Å². The zero-order chi connectivity index (χ0) is 10.1. The van der Waals surface area contributed by atoms with Gasteiger partial charge in [0, 0.05) is 11.1 Å². The molecule has 0 amide bonds. The predicted octanol–water partition coefficient (Wildman–Crippen LogP) is 1.50. The molecule has 0 radical (unpaired) electrons. The van der Waals surface area contributed by atoms with Crippen molar-refractivity contribution < 1.29 is 9.90 Å². The van der Waals surface area contributed by atoms with Crippen molar-refractivity contribution in [2.24, 2.45) is 0 Å². The fourth-order valence-corrected chi connectivity index (χ4v) is 1.53. The van der Waals surface area contributed by atoms with E-state index in [2.05, 4.69) is 10.2 Å². The van der Waals surface area contributed by atoms with Gasteiger partial charge in [-0.1, -0.05) is 18.2 Å². The molecular weight excluding hydrogens is 180 g/mol. The first-order valence-electron chi connectivity index (χ1n) is 4.33. The Morgan fingerprint density at radius 3 is 3.07 bits per heavy atom. The molecule has 1 aromatic carbocycles. The number of hydrogen-bond acceptors (Lipinski definition) is 2. The summed E-state index contributed by atoms with van der Waals surface area (Å²) >= 11 is 0. The fourth-order valence-electron chi connectivity index (χ4n) is 1.53. The lowest BCUT2D eigenvalue weighted by atomic mass is 10.1. The number of aryl methyl sites for hydroxylation is 1. The number of carboxylic acid groups (broad SMARTS) is 1. The molecule has 0 aliphatic heterocycles. The Balaban J connectivity index is 2.59. The molecule has 0 fully saturated rings. The van der Waals surface area contributed by atoms with E-state index in [4.69, 9.17) is 5.11 Å². The smallest absolute Gasteiger partial charge is 0.307 e. The van der Waals surface area contributed by atoms with Gasteiger partial charge in [-0.3, -0.25) is 9.89 Å². The predicted molar refractivity (Wildman–Crippen MR) is 52.2 cm³/mol. The third-order valence-electron chi connectivity index (χ3n) is 2.20. The Morgan fingerprint density at radius 2 is 2.36 bits per heavy atom. The van der Waals surface area contributed by atoms with Gasteiger partial charge < -0.3 is 5.11 Å². The van der Waals surface area contributed by atoms with E-state index in [0.717, 1.165) is 22.2 Å². The highest BCUT2D eigenvalue weighted by Gasteiger charge is 2.08. The molecule has 4 nitrogen and oxygen atoms in total. The number of aliphatic carboxylic acids is 1. The number of H-pyrrole nitrogens is 1. The Hall–Kier alpha value is -1.84. The number of para-hydroxylation sites is 1. The quantitative estimate of drug-likeness (QED) is 0.754. The summed E-state index contributed by atoms with van der Waals surface area (Å²) in [5, 5.41) is 16.6. The molecule has 14 heavy (non-hydrogen) atoms. The zero-order valence-electron chi connectivity index (χ0n) is 7.74. The van der Waals surface area contributed by atoms with Crippen molar-refractivity contribution in [3.63, 3.8) is 0 Å². The fraction of sp³-hybridized carbons (Fsp3) is 0.200. The van der Waals surface area contributed by atoms with E-state index >= 15 is 0 Å². The van der Waals surface area contributed by atoms with E-state index in [1.807, 2.05) is 19.1 Å². The normalized spacial score (nSPS) is 10.6. The van der Waals surface area contributed by atoms with Crippen molar-refractivity contribution in [3.05, 3.63) is 29.5 Å². The number of nitrogens with zero attached hydrogens (tertiary/aromatic N) is 1. The molecule has 0 saturated heterocycles. The summed E-state index contributed by atoms with van der Waals surface area (Å²) in [6, 6.07) is 5.57. The SMILES string of the molecule is Cc1[nH]nc2c(CC(=O)O)cccc12. The molecule has 1 aromatic heterocycles. The zero-order valence-corrected chi connectivity index (χ0v) is 7.74. The number of nitrogens with one attached hydrogen (secondary N) is 1. The summed E-state index contributed by atoms with van der Waals surface area (Å²) in [5.74, 6) is -0.835. The van der Waals surface area contributed by atoms with Gasteiger partial charge in [0.2, 0.25) is 0 Å². The summed E-state index contributed by atoms with van der Waals surface area (Å²) in [7, 11) is 0. The van der Waals surface area contributed by atoms with Crippen molar-refractivity contribution in [3.8, 4) is 0 Å². The van der Waals surface area contributed by atoms with Crippen molar-refractivity contribution >= 4 is 16.9 Å². The van der Waals surface area contributed by atoms with Gasteiger partial charge in [-0.05, 0) is 12.5 Å². The Kier molecular flexibility index (Phi) is 1.96. The third-order valence-corrected chi connectivity index (χ3v) is 2.20. The number of fused-ring (bicyclic) bond motifs is 1. The molecule has 0 spiro atoms. The minimum absolute atomic E-state index is 0.0155. The van der Waals surface area contributed by atoms with E-state index in [0.29, 0.717) is 0 Å². The first-order valence-corrected chi connectivity index (χ1v) is 4.33. The summed E-state index contributed by atoms with van der Waals surface area (Å²) in [5.41, 5.74) is 2.47. The molecule has 72 valence electrons. The van der Waals surface area contributed by atoms with Gasteiger partial charge in [-0.2, -0.15) is 5.10 Å². The van der Waals surface area contributed by atoms with Crippen LogP contribution in [0.3, 0.4) is 0 Å². The summed E-state index contributed by atoms with van der Waals surface area (Å²) in [6.45, 7) is 1.92. The van der Waals surface area contributed by atoms with Gasteiger partial charge in [-0.25, -0.2) is 0 Å². The number of carbonyl (C=O) groups is 1. The Labute approximate surface area is 80.6 Å². The summed E-state index contributed by atoms with van der Waals surface area (Å²) in [6.07, 6.45) is 0.0155. The molecule has 4 heteroatoms. The number of benzene rings is 1. The lowest BCUT2D eigenvalue weighted by Gasteiger charge is -1.97. The van der Waals surface area contributed by atoms with E-state index in [1.54, 1.807) is 6.07 Å². The molecule has 0 unspecified atom stereocenters. The Bertz CT molecular complexity index is 488. The highest BCUT2D eigenvalue weighted by atomic mass is 16.4. The lowest BCUT2D eigenvalue weighted by molar-refractivity contribution is -0.136. The topological polar surface area (TPSA) is 66.0 Å². The van der Waals surface area contributed by atoms with Crippen molar-refractivity contribution in [2.45, 2.75) is 13.3 Å². The summed E-state index contributed by atoms with van der Waals surface area (Å²) in [4.78, 5) is 10.6. The summed E-state index contributed by atoms with van der Waals surface area (Å²) < 4.78 is 0. The number of rotatable bonds is 2. The van der Waals surface area contributed by atoms with Crippen LogP contribution in [0.4, 0.5) is 0 Å². The van der Waals surface area contributed by atoms with Crippen molar-refractivity contribution in [2.75, 3.05) is 0 Å². The second kappa shape index (κ2) is 3.14. The molecule has 0 saturated carbocycles. The minimum Gasteiger partial charge on any atom is -0.481 e. The molecule has 0 aliphatic carbocycles. The molecule has 0 atom stereocenters. The highest BCUT2D eigenvalue weighted by Crippen LogP contribution is 2.19. The van der Waals surface area contributed by atoms with Crippen LogP contribution in [0.1, 0.15) is 11.3 Å². The van der Waals surface area contributed by atoms with Crippen LogP contribution in [0.15, 0.2) is 18.2 Å². The maximum absolute atomic E-state index is 10.6. The first kappa shape index (κ1) is 8.74. The van der Waals surface area contributed by atoms with Crippen LogP contribution in [-0.2, 0) is 11.2 Å². The number of carboxylic acids is 1. The second-order valence-corrected chi connectivity index (χ2v) is 3.23. The number of aromatic nitrogens is 2. The first-order chi connectivity index (χ1) is 6.68. The van der Waals surface area contributed by atoms with Crippen LogP contribution < -0.4 is 0 Å². The van der Waals surface area contributed by atoms with Crippen LogP contribution in [0.5, 0.6) is 0 Å². The van der Waals surface area contributed by atoms with Crippen LogP contribution >= 0.6 is 0 Å². The van der Waals surface area contributed by atoms with Gasteiger partial charge in [0.1, 0.15) is 0 Å². The maximum Gasteiger partial charge on any atom is 0.307 e. The highest BCUT2D eigenvalue weighted by molar-refractivity contribution is 5.87. The van der Waals surface area contributed by atoms with Crippen LogP contribution in [-0.4, -0.2) is 21.3 Å². The van der Waals surface area contributed by atoms with Gasteiger partial charge in [0.25, 0.3) is 0 Å². The molecule has 2 N–H and O–H groups in total. The van der Waals surface area contributed by atoms with Gasteiger partial charge >= 0.3 is 5.97 Å². The van der Waals surface area contributed by atoms with Gasteiger partial charge in [-0.15, -0.1) is 0 Å². The molecule has 0 bridgehead atoms.